The molecule has 0 saturated heterocycles. The number of carbonyl (C=O) groups is 2. The molecule has 7 heteroatoms. The summed E-state index contributed by atoms with van der Waals surface area (Å²) in [6.07, 6.45) is 0.846. The van der Waals surface area contributed by atoms with Crippen LogP contribution in [0.3, 0.4) is 0 Å². The SMILES string of the molecule is CC(C)CC(CN)NC(=O)c1ccc(NC(=O)CSc2cccs2)cc1. The van der Waals surface area contributed by atoms with Gasteiger partial charge < -0.3 is 16.4 Å². The van der Waals surface area contributed by atoms with Gasteiger partial charge in [0, 0.05) is 23.8 Å². The van der Waals surface area contributed by atoms with E-state index in [1.807, 2.05) is 17.5 Å². The zero-order chi connectivity index (χ0) is 18.9. The summed E-state index contributed by atoms with van der Waals surface area (Å²) in [5.41, 5.74) is 6.96. The maximum Gasteiger partial charge on any atom is 0.251 e. The van der Waals surface area contributed by atoms with Gasteiger partial charge in [0.15, 0.2) is 0 Å². The maximum atomic E-state index is 12.3. The number of benzene rings is 1. The number of nitrogens with two attached hydrogens (primary N) is 1. The molecule has 0 spiro atoms. The topological polar surface area (TPSA) is 84.2 Å². The van der Waals surface area contributed by atoms with Crippen LogP contribution in [0.25, 0.3) is 0 Å². The van der Waals surface area contributed by atoms with E-state index in [4.69, 9.17) is 5.73 Å². The molecule has 0 radical (unpaired) electrons. The molecule has 0 aliphatic heterocycles. The maximum absolute atomic E-state index is 12.3. The fourth-order valence-electron chi connectivity index (χ4n) is 2.44. The van der Waals surface area contributed by atoms with Crippen LogP contribution < -0.4 is 16.4 Å². The van der Waals surface area contributed by atoms with Gasteiger partial charge in [0.25, 0.3) is 5.91 Å². The molecule has 2 amide bonds. The second-order valence-electron chi connectivity index (χ2n) is 6.38. The van der Waals surface area contributed by atoms with Crippen LogP contribution in [0.15, 0.2) is 46.0 Å². The molecule has 1 heterocycles. The third kappa shape index (κ3) is 6.82. The van der Waals surface area contributed by atoms with Crippen LogP contribution in [0.4, 0.5) is 5.69 Å². The molecule has 0 fully saturated rings. The molecular formula is C19H25N3O2S2. The van der Waals surface area contributed by atoms with Gasteiger partial charge in [-0.1, -0.05) is 19.9 Å². The van der Waals surface area contributed by atoms with Crippen molar-refractivity contribution in [1.82, 2.24) is 5.32 Å². The Balaban J connectivity index is 1.84. The third-order valence-electron chi connectivity index (χ3n) is 3.65. The molecule has 4 N–H and O–H groups in total. The fourth-order valence-corrected chi connectivity index (χ4v) is 4.02. The third-order valence-corrected chi connectivity index (χ3v) is 5.78. The van der Waals surface area contributed by atoms with Gasteiger partial charge in [-0.15, -0.1) is 23.1 Å². The minimum atomic E-state index is -0.146. The first-order valence-electron chi connectivity index (χ1n) is 8.55. The molecule has 2 aromatic rings. The molecule has 0 aliphatic rings. The van der Waals surface area contributed by atoms with Crippen molar-refractivity contribution >= 4 is 40.6 Å². The molecule has 0 bridgehead atoms. The highest BCUT2D eigenvalue weighted by atomic mass is 32.2. The van der Waals surface area contributed by atoms with Gasteiger partial charge in [0.2, 0.25) is 5.91 Å². The summed E-state index contributed by atoms with van der Waals surface area (Å²) < 4.78 is 1.11. The molecular weight excluding hydrogens is 366 g/mol. The van der Waals surface area contributed by atoms with Crippen molar-refractivity contribution in [2.45, 2.75) is 30.5 Å². The first kappa shape index (κ1) is 20.5. The highest BCUT2D eigenvalue weighted by Gasteiger charge is 2.14. The Kier molecular flexibility index (Phi) is 8.15. The van der Waals surface area contributed by atoms with Crippen molar-refractivity contribution in [1.29, 1.82) is 0 Å². The van der Waals surface area contributed by atoms with E-state index in [1.165, 1.54) is 11.8 Å². The molecule has 26 heavy (non-hydrogen) atoms. The number of rotatable bonds is 9. The number of thiophene rings is 1. The number of nitrogens with one attached hydrogen (secondary N) is 2. The molecule has 2 rings (SSSR count). The van der Waals surface area contributed by atoms with E-state index in [-0.39, 0.29) is 17.9 Å². The van der Waals surface area contributed by atoms with Crippen molar-refractivity contribution in [3.63, 3.8) is 0 Å². The number of thioether (sulfide) groups is 1. The molecule has 0 aliphatic carbocycles. The molecule has 1 unspecified atom stereocenters. The summed E-state index contributed by atoms with van der Waals surface area (Å²) in [5, 5.41) is 7.79. The Morgan fingerprint density at radius 2 is 1.92 bits per heavy atom. The van der Waals surface area contributed by atoms with E-state index in [0.717, 1.165) is 10.6 Å². The van der Waals surface area contributed by atoms with Crippen LogP contribution in [-0.2, 0) is 4.79 Å². The zero-order valence-electron chi connectivity index (χ0n) is 15.0. The van der Waals surface area contributed by atoms with Gasteiger partial charge in [-0.05, 0) is 48.1 Å². The first-order valence-corrected chi connectivity index (χ1v) is 10.4. The molecule has 140 valence electrons. The lowest BCUT2D eigenvalue weighted by Crippen LogP contribution is -2.41. The van der Waals surface area contributed by atoms with E-state index in [9.17, 15) is 9.59 Å². The summed E-state index contributed by atoms with van der Waals surface area (Å²) in [7, 11) is 0. The number of hydrogen-bond donors (Lipinski definition) is 3. The molecule has 1 aromatic carbocycles. The van der Waals surface area contributed by atoms with Crippen LogP contribution in [0.1, 0.15) is 30.6 Å². The van der Waals surface area contributed by atoms with Crippen LogP contribution >= 0.6 is 23.1 Å². The normalized spacial score (nSPS) is 12.0. The molecule has 0 saturated carbocycles. The largest absolute Gasteiger partial charge is 0.348 e. The minimum Gasteiger partial charge on any atom is -0.348 e. The quantitative estimate of drug-likeness (QED) is 0.571. The van der Waals surface area contributed by atoms with Gasteiger partial charge in [-0.2, -0.15) is 0 Å². The summed E-state index contributed by atoms with van der Waals surface area (Å²) in [6.45, 7) is 4.62. The first-order chi connectivity index (χ1) is 12.5. The minimum absolute atomic E-state index is 0.0313. The molecule has 1 aromatic heterocycles. The van der Waals surface area contributed by atoms with Crippen molar-refractivity contribution in [3.8, 4) is 0 Å². The molecule has 1 atom stereocenters. The fraction of sp³-hybridized carbons (Fsp3) is 0.368. The van der Waals surface area contributed by atoms with E-state index in [1.54, 1.807) is 35.6 Å². The smallest absolute Gasteiger partial charge is 0.251 e. The monoisotopic (exact) mass is 391 g/mol. The summed E-state index contributed by atoms with van der Waals surface area (Å²) >= 11 is 3.12. The van der Waals surface area contributed by atoms with E-state index in [0.29, 0.717) is 29.5 Å². The number of carbonyl (C=O) groups excluding carboxylic acids is 2. The Bertz CT molecular complexity index is 700. The highest BCUT2D eigenvalue weighted by Crippen LogP contribution is 2.23. The van der Waals surface area contributed by atoms with Crippen molar-refractivity contribution in [3.05, 3.63) is 47.3 Å². The number of hydrogen-bond acceptors (Lipinski definition) is 5. The standard InChI is InChI=1S/C19H25N3O2S2/c1-13(2)10-16(11-20)22-19(24)14-5-7-15(8-6-14)21-17(23)12-26-18-4-3-9-25-18/h3-9,13,16H,10-12,20H2,1-2H3,(H,21,23)(H,22,24). The Hall–Kier alpha value is -1.83. The predicted octanol–water partition coefficient (Wildman–Crippen LogP) is 3.58. The lowest BCUT2D eigenvalue weighted by molar-refractivity contribution is -0.113. The van der Waals surface area contributed by atoms with Crippen LogP contribution in [0.5, 0.6) is 0 Å². The van der Waals surface area contributed by atoms with Crippen LogP contribution in [0.2, 0.25) is 0 Å². The van der Waals surface area contributed by atoms with Gasteiger partial charge in [-0.25, -0.2) is 0 Å². The van der Waals surface area contributed by atoms with Crippen LogP contribution in [0, 0.1) is 5.92 Å². The second kappa shape index (κ2) is 10.4. The summed E-state index contributed by atoms with van der Waals surface area (Å²) in [4.78, 5) is 24.3. The lowest BCUT2D eigenvalue weighted by atomic mass is 10.0. The number of anilines is 1. The molecule has 5 nitrogen and oxygen atoms in total. The number of amides is 2. The predicted molar refractivity (Wildman–Crippen MR) is 110 cm³/mol. The summed E-state index contributed by atoms with van der Waals surface area (Å²) in [6, 6.07) is 10.8. The Morgan fingerprint density at radius 3 is 2.50 bits per heavy atom. The Morgan fingerprint density at radius 1 is 1.19 bits per heavy atom. The zero-order valence-corrected chi connectivity index (χ0v) is 16.7. The van der Waals surface area contributed by atoms with E-state index >= 15 is 0 Å². The van der Waals surface area contributed by atoms with Gasteiger partial charge in [-0.3, -0.25) is 9.59 Å². The highest BCUT2D eigenvalue weighted by molar-refractivity contribution is 8.01. The second-order valence-corrected chi connectivity index (χ2v) is 8.61. The average molecular weight is 392 g/mol. The average Bonchev–Trinajstić information content (AvgIpc) is 3.13. The van der Waals surface area contributed by atoms with Gasteiger partial charge in [0.05, 0.1) is 9.96 Å². The van der Waals surface area contributed by atoms with Crippen molar-refractivity contribution in [2.24, 2.45) is 11.7 Å². The van der Waals surface area contributed by atoms with Crippen LogP contribution in [-0.4, -0.2) is 30.2 Å². The lowest BCUT2D eigenvalue weighted by Gasteiger charge is -2.18. The van der Waals surface area contributed by atoms with Crippen molar-refractivity contribution in [2.75, 3.05) is 17.6 Å². The van der Waals surface area contributed by atoms with E-state index in [2.05, 4.69) is 24.5 Å². The summed E-state index contributed by atoms with van der Waals surface area (Å²) in [5.74, 6) is 0.609. The Labute approximate surface area is 162 Å². The van der Waals surface area contributed by atoms with Gasteiger partial charge >= 0.3 is 0 Å². The van der Waals surface area contributed by atoms with E-state index < -0.39 is 0 Å². The van der Waals surface area contributed by atoms with Crippen molar-refractivity contribution < 1.29 is 9.59 Å². The van der Waals surface area contributed by atoms with Gasteiger partial charge in [0.1, 0.15) is 0 Å².